The molecule has 2 rings (SSSR count). The molecule has 0 saturated heterocycles. The van der Waals surface area contributed by atoms with E-state index in [0.717, 1.165) is 12.1 Å². The molecule has 0 saturated carbocycles. The third-order valence-corrected chi connectivity index (χ3v) is 3.34. The second kappa shape index (κ2) is 6.39. The molecule has 0 aromatic heterocycles. The molecule has 1 aromatic carbocycles. The third kappa shape index (κ3) is 3.46. The van der Waals surface area contributed by atoms with Gasteiger partial charge in [-0.15, -0.1) is 0 Å². The van der Waals surface area contributed by atoms with Crippen LogP contribution < -0.4 is 5.73 Å². The van der Waals surface area contributed by atoms with Gasteiger partial charge in [0.15, 0.2) is 0 Å². The van der Waals surface area contributed by atoms with Crippen molar-refractivity contribution in [3.05, 3.63) is 41.5 Å². The molecule has 1 aliphatic heterocycles. The topological polar surface area (TPSA) is 38.4 Å². The summed E-state index contributed by atoms with van der Waals surface area (Å²) in [4.78, 5) is 4.33. The Kier molecular flexibility index (Phi) is 4.57. The zero-order valence-corrected chi connectivity index (χ0v) is 11.2. The van der Waals surface area contributed by atoms with Gasteiger partial charge in [0.1, 0.15) is 5.84 Å². The van der Waals surface area contributed by atoms with Crippen molar-refractivity contribution >= 4 is 11.5 Å². The second-order valence-electron chi connectivity index (χ2n) is 4.90. The van der Waals surface area contributed by atoms with E-state index in [4.69, 9.17) is 5.73 Å². The van der Waals surface area contributed by atoms with Gasteiger partial charge in [-0.25, -0.2) is 4.99 Å². The number of hydrogen-bond acceptors (Lipinski definition) is 2. The Balaban J connectivity index is 1.90. The van der Waals surface area contributed by atoms with E-state index in [1.54, 1.807) is 0 Å². The minimum Gasteiger partial charge on any atom is -0.387 e. The lowest BCUT2D eigenvalue weighted by Gasteiger charge is -2.03. The predicted molar refractivity (Wildman–Crippen MR) is 78.5 cm³/mol. The van der Waals surface area contributed by atoms with Gasteiger partial charge in [0.25, 0.3) is 0 Å². The predicted octanol–water partition coefficient (Wildman–Crippen LogP) is 3.91. The molecule has 0 bridgehead atoms. The van der Waals surface area contributed by atoms with E-state index in [1.807, 2.05) is 0 Å². The van der Waals surface area contributed by atoms with E-state index in [2.05, 4.69) is 42.3 Å². The first-order valence-electron chi connectivity index (χ1n) is 6.92. The minimum absolute atomic E-state index is 0.716. The third-order valence-electron chi connectivity index (χ3n) is 3.34. The molecule has 0 amide bonds. The number of nitrogens with two attached hydrogens (primary N) is 1. The number of benzene rings is 1. The lowest BCUT2D eigenvalue weighted by Crippen LogP contribution is -2.06. The maximum absolute atomic E-state index is 5.68. The molecular formula is C16H22N2. The first-order chi connectivity index (χ1) is 8.79. The van der Waals surface area contributed by atoms with Crippen LogP contribution in [-0.4, -0.2) is 5.84 Å². The van der Waals surface area contributed by atoms with Crippen LogP contribution in [0.1, 0.15) is 50.2 Å². The smallest absolute Gasteiger partial charge is 0.104 e. The summed E-state index contributed by atoms with van der Waals surface area (Å²) in [6.45, 7) is 2.25. The molecule has 0 spiro atoms. The number of unbranched alkanes of at least 4 members (excludes halogenated alkanes) is 3. The molecule has 18 heavy (non-hydrogen) atoms. The van der Waals surface area contributed by atoms with Gasteiger partial charge in [-0.05, 0) is 24.0 Å². The van der Waals surface area contributed by atoms with Crippen molar-refractivity contribution in [1.29, 1.82) is 0 Å². The Morgan fingerprint density at radius 2 is 1.89 bits per heavy atom. The SMILES string of the molecule is CCCCCCc1ccc(C2=CCC(N)=N2)cc1. The van der Waals surface area contributed by atoms with Gasteiger partial charge in [-0.2, -0.15) is 0 Å². The number of amidine groups is 1. The van der Waals surface area contributed by atoms with Crippen LogP contribution in [-0.2, 0) is 6.42 Å². The molecule has 2 nitrogen and oxygen atoms in total. The Morgan fingerprint density at radius 1 is 1.11 bits per heavy atom. The summed E-state index contributed by atoms with van der Waals surface area (Å²) in [6, 6.07) is 8.74. The van der Waals surface area contributed by atoms with Gasteiger partial charge in [-0.3, -0.25) is 0 Å². The molecular weight excluding hydrogens is 220 g/mol. The maximum atomic E-state index is 5.68. The molecule has 1 heterocycles. The highest BCUT2D eigenvalue weighted by Crippen LogP contribution is 2.21. The average molecular weight is 242 g/mol. The van der Waals surface area contributed by atoms with E-state index < -0.39 is 0 Å². The standard InChI is InChI=1S/C16H22N2/c1-2-3-4-5-6-13-7-9-14(10-8-13)15-11-12-16(17)18-15/h7-11H,2-6,12H2,1H3,(H2,17,18). The van der Waals surface area contributed by atoms with Gasteiger partial charge < -0.3 is 5.73 Å². The van der Waals surface area contributed by atoms with Crippen molar-refractivity contribution in [2.24, 2.45) is 10.7 Å². The summed E-state index contributed by atoms with van der Waals surface area (Å²) in [5, 5.41) is 0. The lowest BCUT2D eigenvalue weighted by molar-refractivity contribution is 0.667. The summed E-state index contributed by atoms with van der Waals surface area (Å²) in [5.41, 5.74) is 9.30. The van der Waals surface area contributed by atoms with Crippen molar-refractivity contribution in [2.45, 2.75) is 45.4 Å². The Morgan fingerprint density at radius 3 is 2.50 bits per heavy atom. The molecule has 1 aromatic rings. The van der Waals surface area contributed by atoms with Gasteiger partial charge in [-0.1, -0.05) is 56.5 Å². The van der Waals surface area contributed by atoms with Crippen molar-refractivity contribution in [1.82, 2.24) is 0 Å². The fourth-order valence-corrected chi connectivity index (χ4v) is 2.23. The van der Waals surface area contributed by atoms with Crippen molar-refractivity contribution in [2.75, 3.05) is 0 Å². The molecule has 0 fully saturated rings. The molecule has 0 radical (unpaired) electrons. The van der Waals surface area contributed by atoms with Gasteiger partial charge >= 0.3 is 0 Å². The number of rotatable bonds is 6. The Labute approximate surface area is 110 Å². The zero-order chi connectivity index (χ0) is 12.8. The first kappa shape index (κ1) is 12.9. The molecule has 2 N–H and O–H groups in total. The summed E-state index contributed by atoms with van der Waals surface area (Å²) in [6.07, 6.45) is 9.33. The molecule has 96 valence electrons. The summed E-state index contributed by atoms with van der Waals surface area (Å²) in [5.74, 6) is 0.716. The summed E-state index contributed by atoms with van der Waals surface area (Å²) < 4.78 is 0. The van der Waals surface area contributed by atoms with Crippen LogP contribution in [0.25, 0.3) is 5.70 Å². The van der Waals surface area contributed by atoms with Crippen LogP contribution >= 0.6 is 0 Å². The summed E-state index contributed by atoms with van der Waals surface area (Å²) >= 11 is 0. The van der Waals surface area contributed by atoms with Crippen LogP contribution in [0.3, 0.4) is 0 Å². The van der Waals surface area contributed by atoms with Crippen molar-refractivity contribution in [3.63, 3.8) is 0 Å². The van der Waals surface area contributed by atoms with Crippen LogP contribution in [0.4, 0.5) is 0 Å². The van der Waals surface area contributed by atoms with Crippen LogP contribution in [0.2, 0.25) is 0 Å². The number of nitrogens with zero attached hydrogens (tertiary/aromatic N) is 1. The van der Waals surface area contributed by atoms with E-state index in [1.165, 1.54) is 43.2 Å². The van der Waals surface area contributed by atoms with E-state index in [-0.39, 0.29) is 0 Å². The molecule has 2 heteroatoms. The zero-order valence-electron chi connectivity index (χ0n) is 11.2. The largest absolute Gasteiger partial charge is 0.387 e. The molecule has 0 aliphatic carbocycles. The highest BCUT2D eigenvalue weighted by Gasteiger charge is 2.07. The maximum Gasteiger partial charge on any atom is 0.104 e. The average Bonchev–Trinajstić information content (AvgIpc) is 2.82. The quantitative estimate of drug-likeness (QED) is 0.755. The first-order valence-corrected chi connectivity index (χ1v) is 6.92. The van der Waals surface area contributed by atoms with E-state index >= 15 is 0 Å². The number of aliphatic imine (C=N–C) groups is 1. The highest BCUT2D eigenvalue weighted by molar-refractivity contribution is 5.93. The van der Waals surface area contributed by atoms with Gasteiger partial charge in [0.05, 0.1) is 5.70 Å². The highest BCUT2D eigenvalue weighted by atomic mass is 14.9. The van der Waals surface area contributed by atoms with Crippen molar-refractivity contribution in [3.8, 4) is 0 Å². The Hall–Kier alpha value is -1.57. The molecule has 1 aliphatic rings. The van der Waals surface area contributed by atoms with Crippen LogP contribution in [0.15, 0.2) is 35.3 Å². The molecule has 0 atom stereocenters. The lowest BCUT2D eigenvalue weighted by atomic mass is 10.0. The molecule has 0 unspecified atom stereocenters. The van der Waals surface area contributed by atoms with Crippen LogP contribution in [0, 0.1) is 0 Å². The normalized spacial score (nSPS) is 14.5. The fourth-order valence-electron chi connectivity index (χ4n) is 2.23. The van der Waals surface area contributed by atoms with Crippen LogP contribution in [0.5, 0.6) is 0 Å². The van der Waals surface area contributed by atoms with E-state index in [0.29, 0.717) is 5.84 Å². The van der Waals surface area contributed by atoms with Gasteiger partial charge in [0.2, 0.25) is 0 Å². The Bertz CT molecular complexity index is 441. The fraction of sp³-hybridized carbons (Fsp3) is 0.438. The number of hydrogen-bond donors (Lipinski definition) is 1. The minimum atomic E-state index is 0.716. The monoisotopic (exact) mass is 242 g/mol. The second-order valence-corrected chi connectivity index (χ2v) is 4.90. The number of aryl methyl sites for hydroxylation is 1. The van der Waals surface area contributed by atoms with Crippen molar-refractivity contribution < 1.29 is 0 Å². The van der Waals surface area contributed by atoms with Gasteiger partial charge in [0, 0.05) is 6.42 Å². The summed E-state index contributed by atoms with van der Waals surface area (Å²) in [7, 11) is 0. The van der Waals surface area contributed by atoms with E-state index in [9.17, 15) is 0 Å².